The van der Waals surface area contributed by atoms with Crippen molar-refractivity contribution < 1.29 is 19.7 Å². The summed E-state index contributed by atoms with van der Waals surface area (Å²) in [6, 6.07) is 0. The van der Waals surface area contributed by atoms with E-state index in [4.69, 9.17) is 9.84 Å². The highest BCUT2D eigenvalue weighted by atomic mass is 16.5. The average molecular weight is 233 g/mol. The number of ether oxygens (including phenoxy) is 1. The van der Waals surface area contributed by atoms with E-state index < -0.39 is 17.6 Å². The summed E-state index contributed by atoms with van der Waals surface area (Å²) in [6.45, 7) is 8.65. The Hall–Kier alpha value is -0.650. The van der Waals surface area contributed by atoms with Crippen LogP contribution in [0.3, 0.4) is 0 Å². The van der Waals surface area contributed by atoms with Crippen molar-refractivity contribution in [1.29, 1.82) is 0 Å². The fourth-order valence-electron chi connectivity index (χ4n) is 1.45. The van der Waals surface area contributed by atoms with Crippen LogP contribution in [0.2, 0.25) is 0 Å². The highest BCUT2D eigenvalue weighted by molar-refractivity contribution is 5.77. The molecule has 0 aromatic rings. The Labute approximate surface area is 97.0 Å². The van der Waals surface area contributed by atoms with E-state index in [0.29, 0.717) is 19.7 Å². The van der Waals surface area contributed by atoms with Crippen molar-refractivity contribution in [3.8, 4) is 0 Å². The van der Waals surface area contributed by atoms with Gasteiger partial charge in [0.05, 0.1) is 12.7 Å². The highest BCUT2D eigenvalue weighted by Crippen LogP contribution is 2.14. The van der Waals surface area contributed by atoms with Crippen LogP contribution in [-0.2, 0) is 9.53 Å². The van der Waals surface area contributed by atoms with Gasteiger partial charge < -0.3 is 14.9 Å². The Morgan fingerprint density at radius 1 is 1.44 bits per heavy atom. The van der Waals surface area contributed by atoms with Gasteiger partial charge in [0.15, 0.2) is 0 Å². The molecule has 0 saturated heterocycles. The second kappa shape index (κ2) is 6.83. The summed E-state index contributed by atoms with van der Waals surface area (Å²) in [4.78, 5) is 12.8. The molecule has 1 unspecified atom stereocenters. The minimum absolute atomic E-state index is 0.239. The fourth-order valence-corrected chi connectivity index (χ4v) is 1.45. The number of nitrogens with zero attached hydrogens (tertiary/aromatic N) is 1. The number of rotatable bonds is 8. The number of carboxylic acid groups (broad SMARTS) is 1. The van der Waals surface area contributed by atoms with Crippen LogP contribution in [0, 0.1) is 0 Å². The normalized spacial score (nSPS) is 14.1. The van der Waals surface area contributed by atoms with Crippen LogP contribution in [0.1, 0.15) is 27.7 Å². The lowest BCUT2D eigenvalue weighted by Gasteiger charge is -2.35. The van der Waals surface area contributed by atoms with Crippen molar-refractivity contribution in [2.75, 3.05) is 26.3 Å². The number of carbonyl (C=O) groups is 1. The second-order valence-electron chi connectivity index (χ2n) is 4.22. The number of aliphatic carboxylic acids is 1. The Morgan fingerprint density at radius 3 is 2.38 bits per heavy atom. The van der Waals surface area contributed by atoms with Gasteiger partial charge in [0.1, 0.15) is 5.54 Å². The van der Waals surface area contributed by atoms with Crippen molar-refractivity contribution in [2.24, 2.45) is 0 Å². The first-order valence-electron chi connectivity index (χ1n) is 5.60. The largest absolute Gasteiger partial charge is 0.480 e. The number of β-amino-alcohol motifs (C(OH)–C–C–N with tert-alkyl or cyclic N) is 1. The molecule has 0 rings (SSSR count). The highest BCUT2D eigenvalue weighted by Gasteiger charge is 2.34. The van der Waals surface area contributed by atoms with E-state index in [9.17, 15) is 9.90 Å². The van der Waals surface area contributed by atoms with E-state index in [1.807, 2.05) is 13.8 Å². The van der Waals surface area contributed by atoms with Gasteiger partial charge in [0.25, 0.3) is 0 Å². The number of aliphatic hydroxyl groups is 1. The van der Waals surface area contributed by atoms with Crippen LogP contribution >= 0.6 is 0 Å². The third-order valence-electron chi connectivity index (χ3n) is 2.64. The van der Waals surface area contributed by atoms with E-state index >= 15 is 0 Å². The van der Waals surface area contributed by atoms with Crippen LogP contribution < -0.4 is 0 Å². The summed E-state index contributed by atoms with van der Waals surface area (Å²) in [6.07, 6.45) is -0.654. The molecular formula is C11H23NO4. The van der Waals surface area contributed by atoms with E-state index in [0.717, 1.165) is 0 Å². The molecule has 5 nitrogen and oxygen atoms in total. The predicted octanol–water partition coefficient (Wildman–Crippen LogP) is 0.569. The monoisotopic (exact) mass is 233 g/mol. The molecule has 0 fully saturated rings. The van der Waals surface area contributed by atoms with Gasteiger partial charge in [0, 0.05) is 13.2 Å². The van der Waals surface area contributed by atoms with Crippen molar-refractivity contribution in [3.05, 3.63) is 0 Å². The summed E-state index contributed by atoms with van der Waals surface area (Å²) in [5.41, 5.74) is -0.970. The molecule has 0 aliphatic heterocycles. The maximum atomic E-state index is 11.1. The van der Waals surface area contributed by atoms with Crippen LogP contribution in [0.5, 0.6) is 0 Å². The maximum absolute atomic E-state index is 11.1. The number of hydrogen-bond donors (Lipinski definition) is 2. The Bertz CT molecular complexity index is 218. The van der Waals surface area contributed by atoms with Gasteiger partial charge in [-0.3, -0.25) is 9.69 Å². The van der Waals surface area contributed by atoms with Gasteiger partial charge in [0.2, 0.25) is 0 Å². The molecule has 0 bridgehead atoms. The minimum atomic E-state index is -0.970. The molecular weight excluding hydrogens is 210 g/mol. The fraction of sp³-hybridized carbons (Fsp3) is 0.909. The van der Waals surface area contributed by atoms with Crippen molar-refractivity contribution >= 4 is 5.97 Å². The molecule has 96 valence electrons. The zero-order valence-electron chi connectivity index (χ0n) is 10.6. The van der Waals surface area contributed by atoms with Crippen LogP contribution in [0.4, 0.5) is 0 Å². The zero-order valence-corrected chi connectivity index (χ0v) is 10.6. The Balaban J connectivity index is 4.34. The molecule has 0 heterocycles. The third kappa shape index (κ3) is 4.47. The molecule has 0 aliphatic carbocycles. The van der Waals surface area contributed by atoms with E-state index in [1.54, 1.807) is 18.7 Å². The molecule has 1 atom stereocenters. The van der Waals surface area contributed by atoms with Gasteiger partial charge in [-0.05, 0) is 27.3 Å². The molecule has 0 aliphatic rings. The molecule has 2 N–H and O–H groups in total. The van der Waals surface area contributed by atoms with Gasteiger partial charge in [-0.2, -0.15) is 0 Å². The number of carboxylic acids is 1. The lowest BCUT2D eigenvalue weighted by atomic mass is 10.0. The topological polar surface area (TPSA) is 70.0 Å². The van der Waals surface area contributed by atoms with Crippen molar-refractivity contribution in [3.63, 3.8) is 0 Å². The predicted molar refractivity (Wildman–Crippen MR) is 61.5 cm³/mol. The number of hydrogen-bond acceptors (Lipinski definition) is 4. The number of aliphatic hydroxyl groups excluding tert-OH is 1. The average Bonchev–Trinajstić information content (AvgIpc) is 2.22. The summed E-state index contributed by atoms with van der Waals surface area (Å²) in [7, 11) is 0. The van der Waals surface area contributed by atoms with Crippen LogP contribution in [0.15, 0.2) is 0 Å². The SMILES string of the molecule is CCOCC(O)CN(CC)C(C)(C)C(=O)O. The molecule has 5 heteroatoms. The molecule has 0 saturated carbocycles. The van der Waals surface area contributed by atoms with Gasteiger partial charge in [-0.1, -0.05) is 6.92 Å². The lowest BCUT2D eigenvalue weighted by Crippen LogP contribution is -2.53. The first-order chi connectivity index (χ1) is 7.36. The molecule has 0 aromatic heterocycles. The molecule has 0 radical (unpaired) electrons. The van der Waals surface area contributed by atoms with Crippen molar-refractivity contribution in [1.82, 2.24) is 4.90 Å². The van der Waals surface area contributed by atoms with Crippen LogP contribution in [0.25, 0.3) is 0 Å². The molecule has 0 spiro atoms. The van der Waals surface area contributed by atoms with E-state index in [1.165, 1.54) is 0 Å². The van der Waals surface area contributed by atoms with Gasteiger partial charge in [-0.15, -0.1) is 0 Å². The second-order valence-corrected chi connectivity index (χ2v) is 4.22. The van der Waals surface area contributed by atoms with Crippen molar-refractivity contribution in [2.45, 2.75) is 39.3 Å². The first kappa shape index (κ1) is 15.3. The summed E-state index contributed by atoms with van der Waals surface area (Å²) >= 11 is 0. The quantitative estimate of drug-likeness (QED) is 0.641. The minimum Gasteiger partial charge on any atom is -0.480 e. The zero-order chi connectivity index (χ0) is 12.8. The third-order valence-corrected chi connectivity index (χ3v) is 2.64. The maximum Gasteiger partial charge on any atom is 0.323 e. The standard InChI is InChI=1S/C11H23NO4/c1-5-12(11(3,4)10(14)15)7-9(13)8-16-6-2/h9,13H,5-8H2,1-4H3,(H,14,15). The Morgan fingerprint density at radius 2 is 2.00 bits per heavy atom. The molecule has 0 aromatic carbocycles. The van der Waals surface area contributed by atoms with E-state index in [2.05, 4.69) is 0 Å². The summed E-state index contributed by atoms with van der Waals surface area (Å²) < 4.78 is 5.09. The van der Waals surface area contributed by atoms with Gasteiger partial charge >= 0.3 is 5.97 Å². The smallest absolute Gasteiger partial charge is 0.323 e. The Kier molecular flexibility index (Phi) is 6.55. The van der Waals surface area contributed by atoms with Crippen LogP contribution in [-0.4, -0.2) is 59.0 Å². The number of likely N-dealkylation sites (N-methyl/N-ethyl adjacent to an activating group) is 1. The lowest BCUT2D eigenvalue weighted by molar-refractivity contribution is -0.150. The molecule has 16 heavy (non-hydrogen) atoms. The first-order valence-corrected chi connectivity index (χ1v) is 5.60. The summed E-state index contributed by atoms with van der Waals surface area (Å²) in [5.74, 6) is -0.891. The molecule has 0 amide bonds. The van der Waals surface area contributed by atoms with E-state index in [-0.39, 0.29) is 6.61 Å². The summed E-state index contributed by atoms with van der Waals surface area (Å²) in [5, 5.41) is 18.7. The van der Waals surface area contributed by atoms with Gasteiger partial charge in [-0.25, -0.2) is 0 Å².